The van der Waals surface area contributed by atoms with Gasteiger partial charge in [-0.15, -0.1) is 0 Å². The van der Waals surface area contributed by atoms with Gasteiger partial charge in [0.1, 0.15) is 0 Å². The summed E-state index contributed by atoms with van der Waals surface area (Å²) in [5, 5.41) is 33.6. The summed E-state index contributed by atoms with van der Waals surface area (Å²) in [6.45, 7) is 8.53. The van der Waals surface area contributed by atoms with Crippen molar-refractivity contribution in [3.05, 3.63) is 35.4 Å². The van der Waals surface area contributed by atoms with Crippen molar-refractivity contribution in [3.63, 3.8) is 0 Å². The predicted octanol–water partition coefficient (Wildman–Crippen LogP) is 4.95. The number of aliphatic hydroxyl groups excluding tert-OH is 3. The second-order valence-electron chi connectivity index (χ2n) is 14.4. The third-order valence-corrected chi connectivity index (χ3v) is 12.8. The molecule has 0 aromatic heterocycles. The zero-order valence-electron chi connectivity index (χ0n) is 23.7. The fourth-order valence-corrected chi connectivity index (χ4v) is 10.6. The maximum atomic E-state index is 13.2. The Morgan fingerprint density at radius 1 is 1.03 bits per heavy atom. The van der Waals surface area contributed by atoms with Gasteiger partial charge >= 0.3 is 0 Å². The van der Waals surface area contributed by atoms with Gasteiger partial charge in [-0.3, -0.25) is 4.79 Å². The maximum Gasteiger partial charge on any atom is 0.222 e. The molecule has 5 nitrogen and oxygen atoms in total. The Bertz CT molecular complexity index is 1040. The monoisotopic (exact) mass is 523 g/mol. The van der Waals surface area contributed by atoms with Crippen LogP contribution >= 0.6 is 0 Å². The zero-order valence-corrected chi connectivity index (χ0v) is 23.7. The van der Waals surface area contributed by atoms with Crippen molar-refractivity contribution >= 4 is 5.91 Å². The lowest BCUT2D eigenvalue weighted by Crippen LogP contribution is -2.62. The number of carbonyl (C=O) groups is 1. The SMILES string of the molecule is CC(CCC(=O)N1CCc2ccccc2C1)C1CCC2C3C(O)CC4CC(O)CCC4(C)C3CC(O)C12C. The molecule has 0 saturated heterocycles. The van der Waals surface area contributed by atoms with E-state index < -0.39 is 0 Å². The highest BCUT2D eigenvalue weighted by Crippen LogP contribution is 2.68. The van der Waals surface area contributed by atoms with Crippen molar-refractivity contribution in [1.29, 1.82) is 0 Å². The minimum Gasteiger partial charge on any atom is -0.393 e. The molecule has 0 radical (unpaired) electrons. The first-order valence-corrected chi connectivity index (χ1v) is 15.5. The van der Waals surface area contributed by atoms with E-state index in [1.807, 2.05) is 4.90 Å². The normalized spacial score (nSPS) is 44.9. The minimum atomic E-state index is -0.368. The van der Waals surface area contributed by atoms with Crippen LogP contribution in [0.15, 0.2) is 24.3 Å². The molecule has 210 valence electrons. The summed E-state index contributed by atoms with van der Waals surface area (Å²) in [6, 6.07) is 8.47. The highest BCUT2D eigenvalue weighted by Gasteiger charge is 2.65. The van der Waals surface area contributed by atoms with Gasteiger partial charge in [-0.2, -0.15) is 0 Å². The van der Waals surface area contributed by atoms with Gasteiger partial charge in [0.05, 0.1) is 18.3 Å². The van der Waals surface area contributed by atoms with Crippen molar-refractivity contribution in [1.82, 2.24) is 4.90 Å². The number of hydrogen-bond acceptors (Lipinski definition) is 4. The van der Waals surface area contributed by atoms with Crippen LogP contribution in [0, 0.1) is 46.3 Å². The summed E-state index contributed by atoms with van der Waals surface area (Å²) < 4.78 is 0. The molecule has 0 bridgehead atoms. The van der Waals surface area contributed by atoms with E-state index in [1.165, 1.54) is 11.1 Å². The Morgan fingerprint density at radius 2 is 1.79 bits per heavy atom. The first kappa shape index (κ1) is 26.8. The predicted molar refractivity (Wildman–Crippen MR) is 148 cm³/mol. The van der Waals surface area contributed by atoms with Crippen LogP contribution in [0.3, 0.4) is 0 Å². The van der Waals surface area contributed by atoms with Crippen LogP contribution in [-0.2, 0) is 17.8 Å². The highest BCUT2D eigenvalue weighted by atomic mass is 16.3. The van der Waals surface area contributed by atoms with E-state index in [0.29, 0.717) is 36.0 Å². The fraction of sp³-hybridized carbons (Fsp3) is 0.788. The maximum absolute atomic E-state index is 13.2. The van der Waals surface area contributed by atoms with Gasteiger partial charge in [0.25, 0.3) is 0 Å². The van der Waals surface area contributed by atoms with E-state index in [2.05, 4.69) is 45.0 Å². The lowest BCUT2D eigenvalue weighted by Gasteiger charge is -2.63. The smallest absolute Gasteiger partial charge is 0.222 e. The quantitative estimate of drug-likeness (QED) is 0.522. The molecule has 38 heavy (non-hydrogen) atoms. The summed E-state index contributed by atoms with van der Waals surface area (Å²) in [7, 11) is 0. The molecule has 4 fully saturated rings. The zero-order chi connectivity index (χ0) is 26.8. The Hall–Kier alpha value is -1.43. The van der Waals surface area contributed by atoms with Gasteiger partial charge < -0.3 is 20.2 Å². The van der Waals surface area contributed by atoms with Crippen LogP contribution in [0.2, 0.25) is 0 Å². The van der Waals surface area contributed by atoms with Gasteiger partial charge in [-0.05, 0) is 115 Å². The van der Waals surface area contributed by atoms with E-state index in [0.717, 1.165) is 70.9 Å². The molecule has 3 N–H and O–H groups in total. The van der Waals surface area contributed by atoms with Crippen molar-refractivity contribution in [2.75, 3.05) is 6.54 Å². The van der Waals surface area contributed by atoms with Crippen LogP contribution in [-0.4, -0.2) is 51.0 Å². The van der Waals surface area contributed by atoms with Gasteiger partial charge in [-0.25, -0.2) is 0 Å². The average Bonchev–Trinajstić information content (AvgIpc) is 3.27. The number of amides is 1. The van der Waals surface area contributed by atoms with Crippen molar-refractivity contribution in [2.24, 2.45) is 46.3 Å². The summed E-state index contributed by atoms with van der Waals surface area (Å²) >= 11 is 0. The summed E-state index contributed by atoms with van der Waals surface area (Å²) in [6.07, 6.45) is 7.81. The Balaban J connectivity index is 1.13. The van der Waals surface area contributed by atoms with Crippen molar-refractivity contribution < 1.29 is 20.1 Å². The van der Waals surface area contributed by atoms with E-state index in [-0.39, 0.29) is 41.0 Å². The Kier molecular flexibility index (Phi) is 6.97. The number of hydrogen-bond donors (Lipinski definition) is 3. The molecule has 1 aliphatic heterocycles. The first-order chi connectivity index (χ1) is 18.1. The third kappa shape index (κ3) is 4.18. The minimum absolute atomic E-state index is 0.106. The summed E-state index contributed by atoms with van der Waals surface area (Å²) in [5.74, 6) is 2.26. The van der Waals surface area contributed by atoms with Crippen LogP contribution < -0.4 is 0 Å². The lowest BCUT2D eigenvalue weighted by atomic mass is 9.43. The number of rotatable bonds is 4. The number of nitrogens with zero attached hydrogens (tertiary/aromatic N) is 1. The standard InChI is InChI=1S/C33H49NO4/c1-20(8-11-30(38)34-15-13-21-6-4-5-7-22(21)19-34)25-9-10-26-31-27(18-29(37)33(25,26)3)32(2)14-12-24(35)16-23(32)17-28(31)36/h4-7,20,23-29,31,35-37H,8-19H2,1-3H3. The number of fused-ring (bicyclic) bond motifs is 6. The van der Waals surface area contributed by atoms with Crippen LogP contribution in [0.25, 0.3) is 0 Å². The molecule has 6 rings (SSSR count). The molecule has 1 heterocycles. The second-order valence-corrected chi connectivity index (χ2v) is 14.4. The van der Waals surface area contributed by atoms with Crippen LogP contribution in [0.1, 0.15) is 89.7 Å². The second kappa shape index (κ2) is 9.89. The highest BCUT2D eigenvalue weighted by molar-refractivity contribution is 5.76. The van der Waals surface area contributed by atoms with Crippen LogP contribution in [0.4, 0.5) is 0 Å². The first-order valence-electron chi connectivity index (χ1n) is 15.5. The van der Waals surface area contributed by atoms with Gasteiger partial charge in [0.2, 0.25) is 5.91 Å². The Morgan fingerprint density at radius 3 is 2.58 bits per heavy atom. The molecule has 11 atom stereocenters. The van der Waals surface area contributed by atoms with Gasteiger partial charge in [0, 0.05) is 19.5 Å². The Labute approximate surface area is 229 Å². The molecule has 1 aromatic rings. The third-order valence-electron chi connectivity index (χ3n) is 12.8. The topological polar surface area (TPSA) is 81.0 Å². The molecular formula is C33H49NO4. The molecular weight excluding hydrogens is 474 g/mol. The van der Waals surface area contributed by atoms with E-state index in [9.17, 15) is 20.1 Å². The molecule has 4 aliphatic carbocycles. The molecule has 1 aromatic carbocycles. The average molecular weight is 524 g/mol. The fourth-order valence-electron chi connectivity index (χ4n) is 10.6. The number of carbonyl (C=O) groups excluding carboxylic acids is 1. The van der Waals surface area contributed by atoms with E-state index in [4.69, 9.17) is 0 Å². The molecule has 4 saturated carbocycles. The van der Waals surface area contributed by atoms with Crippen molar-refractivity contribution in [3.8, 4) is 0 Å². The molecule has 0 spiro atoms. The summed E-state index contributed by atoms with van der Waals surface area (Å²) in [4.78, 5) is 15.2. The van der Waals surface area contributed by atoms with Crippen LogP contribution in [0.5, 0.6) is 0 Å². The largest absolute Gasteiger partial charge is 0.393 e. The number of aliphatic hydroxyl groups is 3. The van der Waals surface area contributed by atoms with E-state index in [1.54, 1.807) is 0 Å². The van der Waals surface area contributed by atoms with E-state index >= 15 is 0 Å². The lowest BCUT2D eigenvalue weighted by molar-refractivity contribution is -0.207. The van der Waals surface area contributed by atoms with Crippen molar-refractivity contribution in [2.45, 2.75) is 110 Å². The molecule has 5 aliphatic rings. The molecule has 11 unspecified atom stereocenters. The number of benzene rings is 1. The summed E-state index contributed by atoms with van der Waals surface area (Å²) in [5.41, 5.74) is 2.55. The molecule has 5 heteroatoms. The van der Waals surface area contributed by atoms with Gasteiger partial charge in [0.15, 0.2) is 0 Å². The van der Waals surface area contributed by atoms with Gasteiger partial charge in [-0.1, -0.05) is 45.0 Å². The molecule has 1 amide bonds.